The Balaban J connectivity index is 1.69. The smallest absolute Gasteiger partial charge is 0.337 e. The number of nitrogens with one attached hydrogen (secondary N) is 1. The summed E-state index contributed by atoms with van der Waals surface area (Å²) in [5.41, 5.74) is 2.98. The number of esters is 1. The van der Waals surface area contributed by atoms with Crippen LogP contribution in [0.2, 0.25) is 0 Å². The Kier molecular flexibility index (Phi) is 4.14. The van der Waals surface area contributed by atoms with E-state index in [-0.39, 0.29) is 12.1 Å². The molecule has 0 bridgehead atoms. The van der Waals surface area contributed by atoms with Crippen LogP contribution >= 0.6 is 0 Å². The van der Waals surface area contributed by atoms with Crippen molar-refractivity contribution in [1.82, 2.24) is 9.88 Å². The van der Waals surface area contributed by atoms with Gasteiger partial charge in [0.25, 0.3) is 5.91 Å². The van der Waals surface area contributed by atoms with E-state index in [4.69, 9.17) is 4.74 Å². The highest BCUT2D eigenvalue weighted by Gasteiger charge is 2.26. The fraction of sp³-hybridized carbons (Fsp3) is 0.200. The number of aromatic nitrogens is 1. The first kappa shape index (κ1) is 17.2. The number of carbonyl (C=O) groups is 2. The highest BCUT2D eigenvalue weighted by atomic mass is 19.1. The molecule has 1 amide bonds. The zero-order valence-corrected chi connectivity index (χ0v) is 14.5. The van der Waals surface area contributed by atoms with Gasteiger partial charge < -0.3 is 14.6 Å². The quantitative estimate of drug-likeness (QED) is 0.703. The maximum absolute atomic E-state index is 14.0. The summed E-state index contributed by atoms with van der Waals surface area (Å²) in [6.45, 7) is 0.689. The van der Waals surface area contributed by atoms with E-state index < -0.39 is 23.5 Å². The summed E-state index contributed by atoms with van der Waals surface area (Å²) >= 11 is 0. The van der Waals surface area contributed by atoms with Gasteiger partial charge in [-0.25, -0.2) is 13.6 Å². The normalized spacial score (nSPS) is 13.5. The summed E-state index contributed by atoms with van der Waals surface area (Å²) in [5, 5.41) is 0.824. The molecule has 0 radical (unpaired) electrons. The zero-order chi connectivity index (χ0) is 19.1. The maximum Gasteiger partial charge on any atom is 0.337 e. The lowest BCUT2D eigenvalue weighted by molar-refractivity contribution is 0.0600. The zero-order valence-electron chi connectivity index (χ0n) is 14.5. The van der Waals surface area contributed by atoms with Crippen LogP contribution in [-0.2, 0) is 17.7 Å². The number of nitrogens with zero attached hydrogens (tertiary/aromatic N) is 1. The molecule has 2 heterocycles. The number of rotatable bonds is 2. The predicted molar refractivity (Wildman–Crippen MR) is 94.4 cm³/mol. The number of aromatic amines is 1. The Morgan fingerprint density at radius 3 is 2.70 bits per heavy atom. The molecule has 138 valence electrons. The lowest BCUT2D eigenvalue weighted by atomic mass is 10.0. The Morgan fingerprint density at radius 2 is 1.96 bits per heavy atom. The molecular weight excluding hydrogens is 354 g/mol. The molecule has 0 saturated carbocycles. The van der Waals surface area contributed by atoms with Crippen molar-refractivity contribution in [3.05, 3.63) is 70.4 Å². The number of amides is 1. The van der Waals surface area contributed by atoms with Crippen LogP contribution < -0.4 is 0 Å². The minimum absolute atomic E-state index is 0.157. The second-order valence-electron chi connectivity index (χ2n) is 6.43. The van der Waals surface area contributed by atoms with Gasteiger partial charge >= 0.3 is 5.97 Å². The van der Waals surface area contributed by atoms with Crippen molar-refractivity contribution < 1.29 is 23.1 Å². The SMILES string of the molecule is COC(=O)c1ccc2[nH]c3c(c2c1)CN(C(=O)c1ccc(F)cc1F)CC3. The first-order valence-electron chi connectivity index (χ1n) is 8.44. The molecule has 0 fully saturated rings. The number of fused-ring (bicyclic) bond motifs is 3. The van der Waals surface area contributed by atoms with Gasteiger partial charge in [0, 0.05) is 47.7 Å². The van der Waals surface area contributed by atoms with Crippen molar-refractivity contribution in [2.45, 2.75) is 13.0 Å². The molecule has 7 heteroatoms. The van der Waals surface area contributed by atoms with Gasteiger partial charge in [-0.1, -0.05) is 0 Å². The van der Waals surface area contributed by atoms with E-state index in [0.717, 1.165) is 34.3 Å². The van der Waals surface area contributed by atoms with Crippen molar-refractivity contribution >= 4 is 22.8 Å². The molecule has 27 heavy (non-hydrogen) atoms. The molecule has 4 rings (SSSR count). The summed E-state index contributed by atoms with van der Waals surface area (Å²) in [4.78, 5) is 29.3. The van der Waals surface area contributed by atoms with Crippen LogP contribution in [0.3, 0.4) is 0 Å². The van der Waals surface area contributed by atoms with Crippen LogP contribution in [0, 0.1) is 11.6 Å². The lowest BCUT2D eigenvalue weighted by Gasteiger charge is -2.27. The van der Waals surface area contributed by atoms with Gasteiger partial charge in [-0.3, -0.25) is 4.79 Å². The van der Waals surface area contributed by atoms with Crippen LogP contribution in [0.15, 0.2) is 36.4 Å². The molecule has 1 aromatic heterocycles. The second kappa shape index (κ2) is 6.50. The number of benzene rings is 2. The van der Waals surface area contributed by atoms with E-state index in [2.05, 4.69) is 4.98 Å². The molecule has 1 aliphatic heterocycles. The molecule has 1 aliphatic rings. The molecule has 0 spiro atoms. The van der Waals surface area contributed by atoms with Crippen molar-refractivity contribution in [1.29, 1.82) is 0 Å². The van der Waals surface area contributed by atoms with E-state index in [9.17, 15) is 18.4 Å². The summed E-state index contributed by atoms with van der Waals surface area (Å²) in [5.74, 6) is -2.53. The van der Waals surface area contributed by atoms with Crippen molar-refractivity contribution in [2.75, 3.05) is 13.7 Å². The number of ether oxygens (including phenoxy) is 1. The van der Waals surface area contributed by atoms with Gasteiger partial charge in [0.2, 0.25) is 0 Å². The van der Waals surface area contributed by atoms with Crippen LogP contribution in [0.5, 0.6) is 0 Å². The van der Waals surface area contributed by atoms with Gasteiger partial charge in [-0.15, -0.1) is 0 Å². The molecule has 1 N–H and O–H groups in total. The monoisotopic (exact) mass is 370 g/mol. The van der Waals surface area contributed by atoms with Gasteiger partial charge in [-0.2, -0.15) is 0 Å². The van der Waals surface area contributed by atoms with Gasteiger partial charge in [0.05, 0.1) is 18.2 Å². The summed E-state index contributed by atoms with van der Waals surface area (Å²) < 4.78 is 31.8. The molecule has 0 unspecified atom stereocenters. The largest absolute Gasteiger partial charge is 0.465 e. The van der Waals surface area contributed by atoms with Crippen LogP contribution in [-0.4, -0.2) is 35.4 Å². The third kappa shape index (κ3) is 2.95. The Hall–Kier alpha value is -3.22. The molecular formula is C20H16F2N2O3. The average molecular weight is 370 g/mol. The maximum atomic E-state index is 14.0. The second-order valence-corrected chi connectivity index (χ2v) is 6.43. The van der Waals surface area contributed by atoms with Crippen LogP contribution in [0.4, 0.5) is 8.78 Å². The molecule has 5 nitrogen and oxygen atoms in total. The van der Waals surface area contributed by atoms with Crippen molar-refractivity contribution in [3.8, 4) is 0 Å². The molecule has 0 saturated heterocycles. The third-order valence-corrected chi connectivity index (χ3v) is 4.85. The number of methoxy groups -OCH3 is 1. The van der Waals surface area contributed by atoms with E-state index in [0.29, 0.717) is 24.6 Å². The lowest BCUT2D eigenvalue weighted by Crippen LogP contribution is -2.36. The summed E-state index contributed by atoms with van der Waals surface area (Å²) in [6.07, 6.45) is 0.576. The highest BCUT2D eigenvalue weighted by molar-refractivity contribution is 5.97. The Morgan fingerprint density at radius 1 is 1.15 bits per heavy atom. The topological polar surface area (TPSA) is 62.4 Å². The number of carbonyl (C=O) groups excluding carboxylic acids is 2. The van der Waals surface area contributed by atoms with E-state index in [1.54, 1.807) is 18.2 Å². The average Bonchev–Trinajstić information content (AvgIpc) is 3.04. The highest BCUT2D eigenvalue weighted by Crippen LogP contribution is 2.29. The van der Waals surface area contributed by atoms with E-state index in [1.165, 1.54) is 12.0 Å². The summed E-state index contributed by atoms with van der Waals surface area (Å²) in [6, 6.07) is 8.13. The molecule has 0 aliphatic carbocycles. The van der Waals surface area contributed by atoms with Crippen LogP contribution in [0.1, 0.15) is 32.0 Å². The minimum atomic E-state index is -0.877. The fourth-order valence-electron chi connectivity index (χ4n) is 3.47. The molecule has 2 aromatic carbocycles. The van der Waals surface area contributed by atoms with E-state index in [1.807, 2.05) is 0 Å². The Bertz CT molecular complexity index is 1070. The first-order chi connectivity index (χ1) is 13.0. The molecule has 3 aromatic rings. The number of hydrogen-bond acceptors (Lipinski definition) is 3. The van der Waals surface area contributed by atoms with Gasteiger partial charge in [0.1, 0.15) is 11.6 Å². The van der Waals surface area contributed by atoms with Gasteiger partial charge in [0.15, 0.2) is 0 Å². The third-order valence-electron chi connectivity index (χ3n) is 4.85. The number of hydrogen-bond donors (Lipinski definition) is 1. The minimum Gasteiger partial charge on any atom is -0.465 e. The fourth-order valence-corrected chi connectivity index (χ4v) is 3.47. The van der Waals surface area contributed by atoms with E-state index >= 15 is 0 Å². The Labute approximate surface area is 153 Å². The van der Waals surface area contributed by atoms with Crippen LogP contribution in [0.25, 0.3) is 10.9 Å². The van der Waals surface area contributed by atoms with Crippen molar-refractivity contribution in [3.63, 3.8) is 0 Å². The standard InChI is InChI=1S/C20H16F2N2O3/c1-27-20(26)11-2-5-17-14(8-11)15-10-24(7-6-18(15)23-17)19(25)13-4-3-12(21)9-16(13)22/h2-5,8-9,23H,6-7,10H2,1H3. The summed E-state index contributed by atoms with van der Waals surface area (Å²) in [7, 11) is 1.32. The van der Waals surface area contributed by atoms with Gasteiger partial charge in [-0.05, 0) is 30.3 Å². The number of H-pyrrole nitrogens is 1. The first-order valence-corrected chi connectivity index (χ1v) is 8.44. The number of halogens is 2. The predicted octanol–water partition coefficient (Wildman–Crippen LogP) is 3.43. The molecule has 0 atom stereocenters. The van der Waals surface area contributed by atoms with Crippen molar-refractivity contribution in [2.24, 2.45) is 0 Å².